The molecule has 1 heterocycles. The lowest BCUT2D eigenvalue weighted by Gasteiger charge is -2.25. The normalized spacial score (nSPS) is 11.9. The van der Waals surface area contributed by atoms with Crippen molar-refractivity contribution in [1.29, 1.82) is 0 Å². The van der Waals surface area contributed by atoms with E-state index in [1.54, 1.807) is 0 Å². The number of alkyl halides is 1. The SMILES string of the molecule is Cc1ccc(Br)cc1-c1nnc(CBr)n1C(C)(C)C. The lowest BCUT2D eigenvalue weighted by atomic mass is 10.0. The van der Waals surface area contributed by atoms with Crippen molar-refractivity contribution in [3.63, 3.8) is 0 Å². The number of rotatable bonds is 2. The highest BCUT2D eigenvalue weighted by Crippen LogP contribution is 2.30. The van der Waals surface area contributed by atoms with Gasteiger partial charge in [0.25, 0.3) is 0 Å². The summed E-state index contributed by atoms with van der Waals surface area (Å²) in [5.41, 5.74) is 2.25. The van der Waals surface area contributed by atoms with Crippen LogP contribution in [0.4, 0.5) is 0 Å². The van der Waals surface area contributed by atoms with E-state index in [0.717, 1.165) is 21.7 Å². The number of nitrogens with zero attached hydrogens (tertiary/aromatic N) is 3. The first-order valence-corrected chi connectivity index (χ1v) is 8.03. The summed E-state index contributed by atoms with van der Waals surface area (Å²) in [4.78, 5) is 0. The van der Waals surface area contributed by atoms with Crippen LogP contribution in [-0.2, 0) is 10.9 Å². The molecule has 0 fully saturated rings. The highest BCUT2D eigenvalue weighted by Gasteiger charge is 2.24. The number of hydrogen-bond acceptors (Lipinski definition) is 2. The van der Waals surface area contributed by atoms with Gasteiger partial charge in [-0.3, -0.25) is 0 Å². The van der Waals surface area contributed by atoms with E-state index in [9.17, 15) is 0 Å². The summed E-state index contributed by atoms with van der Waals surface area (Å²) in [5, 5.41) is 9.39. The predicted octanol–water partition coefficient (Wildman–Crippen LogP) is 4.67. The maximum absolute atomic E-state index is 4.39. The molecule has 19 heavy (non-hydrogen) atoms. The van der Waals surface area contributed by atoms with Crippen LogP contribution >= 0.6 is 31.9 Å². The monoisotopic (exact) mass is 385 g/mol. The molecule has 0 aliphatic carbocycles. The van der Waals surface area contributed by atoms with Crippen LogP contribution in [0.1, 0.15) is 32.2 Å². The third-order valence-corrected chi connectivity index (χ3v) is 3.96. The van der Waals surface area contributed by atoms with Gasteiger partial charge in [-0.25, -0.2) is 0 Å². The third kappa shape index (κ3) is 2.92. The van der Waals surface area contributed by atoms with Crippen LogP contribution in [0.25, 0.3) is 11.4 Å². The van der Waals surface area contributed by atoms with Gasteiger partial charge in [0.2, 0.25) is 0 Å². The molecule has 0 bridgehead atoms. The summed E-state index contributed by atoms with van der Waals surface area (Å²) in [7, 11) is 0. The molecule has 0 N–H and O–H groups in total. The van der Waals surface area contributed by atoms with Crippen molar-refractivity contribution in [2.45, 2.75) is 38.6 Å². The van der Waals surface area contributed by atoms with Crippen LogP contribution in [0.15, 0.2) is 22.7 Å². The van der Waals surface area contributed by atoms with E-state index in [4.69, 9.17) is 0 Å². The fraction of sp³-hybridized carbons (Fsp3) is 0.429. The Morgan fingerprint density at radius 3 is 2.47 bits per heavy atom. The van der Waals surface area contributed by atoms with E-state index in [2.05, 4.69) is 86.5 Å². The van der Waals surface area contributed by atoms with E-state index in [1.165, 1.54) is 5.56 Å². The van der Waals surface area contributed by atoms with Gasteiger partial charge in [0, 0.05) is 15.6 Å². The summed E-state index contributed by atoms with van der Waals surface area (Å²) >= 11 is 7.01. The Hall–Kier alpha value is -0.680. The second-order valence-electron chi connectivity index (χ2n) is 5.54. The molecule has 0 saturated carbocycles. The van der Waals surface area contributed by atoms with E-state index in [-0.39, 0.29) is 5.54 Å². The molecule has 3 nitrogen and oxygen atoms in total. The standard InChI is InChI=1S/C14H17Br2N3/c1-9-5-6-10(16)7-11(9)13-18-17-12(8-15)19(13)14(2,3)4/h5-7H,8H2,1-4H3. The Bertz CT molecular complexity index is 597. The molecule has 0 saturated heterocycles. The van der Waals surface area contributed by atoms with Crippen LogP contribution in [0, 0.1) is 6.92 Å². The van der Waals surface area contributed by atoms with Gasteiger partial charge in [0.05, 0.1) is 5.33 Å². The summed E-state index contributed by atoms with van der Waals surface area (Å²) in [6, 6.07) is 6.23. The smallest absolute Gasteiger partial charge is 0.164 e. The first kappa shape index (κ1) is 14.7. The van der Waals surface area contributed by atoms with E-state index < -0.39 is 0 Å². The first-order chi connectivity index (χ1) is 8.84. The molecule has 0 radical (unpaired) electrons. The molecule has 0 aliphatic rings. The second-order valence-corrected chi connectivity index (χ2v) is 7.02. The van der Waals surface area contributed by atoms with Crippen LogP contribution in [0.5, 0.6) is 0 Å². The van der Waals surface area contributed by atoms with Crippen molar-refractivity contribution in [1.82, 2.24) is 14.8 Å². The van der Waals surface area contributed by atoms with E-state index in [0.29, 0.717) is 5.33 Å². The third-order valence-electron chi connectivity index (χ3n) is 2.96. The number of aryl methyl sites for hydroxylation is 1. The topological polar surface area (TPSA) is 30.7 Å². The molecular weight excluding hydrogens is 370 g/mol. The van der Waals surface area contributed by atoms with Gasteiger partial charge < -0.3 is 4.57 Å². The number of benzene rings is 1. The molecule has 0 atom stereocenters. The average Bonchev–Trinajstić information content (AvgIpc) is 2.75. The van der Waals surface area contributed by atoms with E-state index in [1.807, 2.05) is 6.07 Å². The number of halogens is 2. The van der Waals surface area contributed by atoms with Crippen molar-refractivity contribution < 1.29 is 0 Å². The molecule has 2 rings (SSSR count). The van der Waals surface area contributed by atoms with Crippen LogP contribution in [0.2, 0.25) is 0 Å². The molecule has 5 heteroatoms. The lowest BCUT2D eigenvalue weighted by molar-refractivity contribution is 0.391. The zero-order valence-electron chi connectivity index (χ0n) is 11.5. The summed E-state index contributed by atoms with van der Waals surface area (Å²) in [5.74, 6) is 1.86. The maximum Gasteiger partial charge on any atom is 0.164 e. The van der Waals surface area contributed by atoms with Gasteiger partial charge >= 0.3 is 0 Å². The zero-order valence-corrected chi connectivity index (χ0v) is 14.7. The minimum atomic E-state index is -0.0588. The Balaban J connectivity index is 2.69. The average molecular weight is 387 g/mol. The highest BCUT2D eigenvalue weighted by molar-refractivity contribution is 9.10. The van der Waals surface area contributed by atoms with Crippen molar-refractivity contribution in [3.05, 3.63) is 34.1 Å². The molecule has 1 aromatic heterocycles. The first-order valence-electron chi connectivity index (χ1n) is 6.12. The van der Waals surface area contributed by atoms with Gasteiger partial charge in [0.1, 0.15) is 5.82 Å². The van der Waals surface area contributed by atoms with Crippen LogP contribution in [-0.4, -0.2) is 14.8 Å². The Kier molecular flexibility index (Phi) is 4.16. The van der Waals surface area contributed by atoms with Gasteiger partial charge in [0.15, 0.2) is 5.82 Å². The quantitative estimate of drug-likeness (QED) is 0.702. The predicted molar refractivity (Wildman–Crippen MR) is 85.5 cm³/mol. The van der Waals surface area contributed by atoms with Crippen molar-refractivity contribution in [2.75, 3.05) is 0 Å². The highest BCUT2D eigenvalue weighted by atomic mass is 79.9. The Morgan fingerprint density at radius 1 is 1.21 bits per heavy atom. The fourth-order valence-corrected chi connectivity index (χ4v) is 2.84. The van der Waals surface area contributed by atoms with E-state index >= 15 is 0 Å². The molecule has 0 unspecified atom stereocenters. The Morgan fingerprint density at radius 2 is 1.89 bits per heavy atom. The van der Waals surface area contributed by atoms with Gasteiger partial charge in [-0.2, -0.15) is 0 Å². The minimum Gasteiger partial charge on any atom is -0.305 e. The van der Waals surface area contributed by atoms with Crippen LogP contribution < -0.4 is 0 Å². The van der Waals surface area contributed by atoms with Crippen molar-refractivity contribution >= 4 is 31.9 Å². The summed E-state index contributed by atoms with van der Waals surface area (Å²) < 4.78 is 3.24. The van der Waals surface area contributed by atoms with Crippen molar-refractivity contribution in [2.24, 2.45) is 0 Å². The lowest BCUT2D eigenvalue weighted by Crippen LogP contribution is -2.25. The second kappa shape index (κ2) is 5.37. The molecule has 1 aromatic carbocycles. The minimum absolute atomic E-state index is 0.0588. The van der Waals surface area contributed by atoms with Gasteiger partial charge in [-0.1, -0.05) is 37.9 Å². The van der Waals surface area contributed by atoms with Crippen LogP contribution in [0.3, 0.4) is 0 Å². The number of hydrogen-bond donors (Lipinski definition) is 0. The summed E-state index contributed by atoms with van der Waals surface area (Å²) in [6.45, 7) is 8.59. The van der Waals surface area contributed by atoms with Gasteiger partial charge in [-0.05, 0) is 45.4 Å². The molecule has 0 aliphatic heterocycles. The molecule has 2 aromatic rings. The Labute approximate surface area is 130 Å². The molecule has 0 spiro atoms. The fourth-order valence-electron chi connectivity index (χ4n) is 2.12. The van der Waals surface area contributed by atoms with Gasteiger partial charge in [-0.15, -0.1) is 10.2 Å². The largest absolute Gasteiger partial charge is 0.305 e. The molecule has 102 valence electrons. The summed E-state index contributed by atoms with van der Waals surface area (Å²) in [6.07, 6.45) is 0. The molecular formula is C14H17Br2N3. The number of aromatic nitrogens is 3. The molecule has 0 amide bonds. The maximum atomic E-state index is 4.39. The zero-order chi connectivity index (χ0) is 14.2. The van der Waals surface area contributed by atoms with Crippen molar-refractivity contribution in [3.8, 4) is 11.4 Å².